The van der Waals surface area contributed by atoms with Gasteiger partial charge in [-0.05, 0) is 19.8 Å². The average molecular weight is 437 g/mol. The standard InChI is InChI=1S/C9H16O4.C6H10O3.C6H14O2/c1-7(11-4-9-6-13-9)2-10-3-8-5-12-8;1(5-3-8-5)7-2-6-4-9-6;1-2-3-4-5-6(7)8/h7-9H,2-6H2,1H3;5-6H,1-4H2;6-8H,2-5H2,1H3. The molecule has 4 fully saturated rings. The van der Waals surface area contributed by atoms with Gasteiger partial charge < -0.3 is 43.4 Å². The maximum Gasteiger partial charge on any atom is 0.151 e. The molecule has 4 aliphatic heterocycles. The van der Waals surface area contributed by atoms with Gasteiger partial charge in [0.1, 0.15) is 24.4 Å². The monoisotopic (exact) mass is 436 g/mol. The van der Waals surface area contributed by atoms with E-state index in [0.29, 0.717) is 50.7 Å². The van der Waals surface area contributed by atoms with E-state index >= 15 is 0 Å². The molecule has 0 aromatic carbocycles. The molecule has 5 unspecified atom stereocenters. The second-order valence-electron chi connectivity index (χ2n) is 8.02. The van der Waals surface area contributed by atoms with Gasteiger partial charge >= 0.3 is 0 Å². The van der Waals surface area contributed by atoms with Crippen LogP contribution in [0.25, 0.3) is 0 Å². The van der Waals surface area contributed by atoms with Crippen LogP contribution in [0.3, 0.4) is 0 Å². The molecule has 0 radical (unpaired) electrons. The van der Waals surface area contributed by atoms with Gasteiger partial charge in [-0.1, -0.05) is 19.8 Å². The minimum Gasteiger partial charge on any atom is -0.376 e. The molecular formula is C21H40O9. The van der Waals surface area contributed by atoms with Crippen molar-refractivity contribution in [3.05, 3.63) is 0 Å². The summed E-state index contributed by atoms with van der Waals surface area (Å²) < 4.78 is 36.0. The van der Waals surface area contributed by atoms with E-state index in [1.165, 1.54) is 0 Å². The summed E-state index contributed by atoms with van der Waals surface area (Å²) in [5.74, 6) is 0. The Bertz CT molecular complexity index is 395. The highest BCUT2D eigenvalue weighted by Crippen LogP contribution is 2.13. The molecule has 178 valence electrons. The predicted octanol–water partition coefficient (Wildman–Crippen LogP) is 0.884. The minimum absolute atomic E-state index is 0.156. The first-order chi connectivity index (χ1) is 14.6. The van der Waals surface area contributed by atoms with Gasteiger partial charge in [-0.25, -0.2) is 0 Å². The number of rotatable bonds is 15. The fourth-order valence-electron chi connectivity index (χ4n) is 2.25. The molecule has 4 heterocycles. The first kappa shape index (κ1) is 25.9. The fraction of sp³-hybridized carbons (Fsp3) is 1.00. The van der Waals surface area contributed by atoms with E-state index < -0.39 is 6.29 Å². The van der Waals surface area contributed by atoms with E-state index in [2.05, 4.69) is 6.92 Å². The van der Waals surface area contributed by atoms with Crippen LogP contribution in [0.5, 0.6) is 0 Å². The molecular weight excluding hydrogens is 396 g/mol. The number of hydrogen-bond acceptors (Lipinski definition) is 9. The lowest BCUT2D eigenvalue weighted by Gasteiger charge is -2.11. The number of hydrogen-bond donors (Lipinski definition) is 2. The zero-order valence-electron chi connectivity index (χ0n) is 18.4. The summed E-state index contributed by atoms with van der Waals surface area (Å²) in [4.78, 5) is 0. The van der Waals surface area contributed by atoms with Crippen molar-refractivity contribution in [3.63, 3.8) is 0 Å². The Kier molecular flexibility index (Phi) is 13.3. The van der Waals surface area contributed by atoms with Gasteiger partial charge in [0.05, 0.1) is 65.6 Å². The molecule has 0 spiro atoms. The molecule has 4 aliphatic rings. The molecule has 4 saturated heterocycles. The van der Waals surface area contributed by atoms with Crippen LogP contribution in [-0.2, 0) is 33.2 Å². The van der Waals surface area contributed by atoms with Crippen molar-refractivity contribution in [2.45, 2.75) is 76.3 Å². The summed E-state index contributed by atoms with van der Waals surface area (Å²) >= 11 is 0. The van der Waals surface area contributed by atoms with Gasteiger partial charge in [0.25, 0.3) is 0 Å². The van der Waals surface area contributed by atoms with Crippen LogP contribution in [0, 0.1) is 0 Å². The van der Waals surface area contributed by atoms with Crippen LogP contribution >= 0.6 is 0 Å². The van der Waals surface area contributed by atoms with Gasteiger partial charge in [0.2, 0.25) is 0 Å². The molecule has 0 saturated carbocycles. The molecule has 0 amide bonds. The first-order valence-electron chi connectivity index (χ1n) is 11.2. The number of ether oxygens (including phenoxy) is 7. The summed E-state index contributed by atoms with van der Waals surface area (Å²) in [5, 5.41) is 16.7. The van der Waals surface area contributed by atoms with Crippen LogP contribution in [0.1, 0.15) is 39.5 Å². The Morgan fingerprint density at radius 3 is 1.67 bits per heavy atom. The molecule has 30 heavy (non-hydrogen) atoms. The Morgan fingerprint density at radius 2 is 1.23 bits per heavy atom. The highest BCUT2D eigenvalue weighted by atomic mass is 16.6. The second-order valence-corrected chi connectivity index (χ2v) is 8.02. The van der Waals surface area contributed by atoms with E-state index in [0.717, 1.165) is 58.9 Å². The molecule has 4 rings (SSSR count). The maximum absolute atomic E-state index is 8.33. The molecule has 0 bridgehead atoms. The van der Waals surface area contributed by atoms with Crippen LogP contribution in [0.15, 0.2) is 0 Å². The van der Waals surface area contributed by atoms with E-state index in [1.807, 2.05) is 6.92 Å². The van der Waals surface area contributed by atoms with Crippen molar-refractivity contribution in [3.8, 4) is 0 Å². The third-order valence-corrected chi connectivity index (χ3v) is 4.51. The van der Waals surface area contributed by atoms with Crippen molar-refractivity contribution < 1.29 is 43.4 Å². The van der Waals surface area contributed by atoms with Crippen molar-refractivity contribution in [1.82, 2.24) is 0 Å². The number of epoxide rings is 4. The Labute approximate surface area is 179 Å². The van der Waals surface area contributed by atoms with Gasteiger partial charge in [0.15, 0.2) is 6.29 Å². The molecule has 2 N–H and O–H groups in total. The van der Waals surface area contributed by atoms with E-state index in [1.54, 1.807) is 0 Å². The van der Waals surface area contributed by atoms with Gasteiger partial charge in [-0.15, -0.1) is 0 Å². The molecule has 0 aliphatic carbocycles. The fourth-order valence-corrected chi connectivity index (χ4v) is 2.25. The molecule has 0 aromatic heterocycles. The predicted molar refractivity (Wildman–Crippen MR) is 108 cm³/mol. The molecule has 5 atom stereocenters. The lowest BCUT2D eigenvalue weighted by Crippen LogP contribution is -2.19. The van der Waals surface area contributed by atoms with Crippen LogP contribution in [0.2, 0.25) is 0 Å². The number of unbranched alkanes of at least 4 members (excludes halogenated alkanes) is 2. The molecule has 9 nitrogen and oxygen atoms in total. The summed E-state index contributed by atoms with van der Waals surface area (Å²) in [7, 11) is 0. The zero-order chi connectivity index (χ0) is 21.6. The van der Waals surface area contributed by atoms with Gasteiger partial charge in [-0.2, -0.15) is 0 Å². The smallest absolute Gasteiger partial charge is 0.151 e. The van der Waals surface area contributed by atoms with E-state index in [4.69, 9.17) is 43.4 Å². The van der Waals surface area contributed by atoms with Crippen molar-refractivity contribution >= 4 is 0 Å². The van der Waals surface area contributed by atoms with Crippen LogP contribution in [0.4, 0.5) is 0 Å². The Morgan fingerprint density at radius 1 is 0.767 bits per heavy atom. The van der Waals surface area contributed by atoms with Crippen LogP contribution < -0.4 is 0 Å². The summed E-state index contributed by atoms with van der Waals surface area (Å²) in [5.41, 5.74) is 0. The van der Waals surface area contributed by atoms with E-state index in [9.17, 15) is 0 Å². The van der Waals surface area contributed by atoms with Gasteiger partial charge in [-0.3, -0.25) is 0 Å². The third-order valence-electron chi connectivity index (χ3n) is 4.51. The Balaban J connectivity index is 0.000000167. The highest BCUT2D eigenvalue weighted by Gasteiger charge is 2.26. The molecule has 9 heteroatoms. The topological polar surface area (TPSA) is 118 Å². The van der Waals surface area contributed by atoms with Crippen LogP contribution in [-0.4, -0.2) is 106 Å². The summed E-state index contributed by atoms with van der Waals surface area (Å²) in [6.07, 6.45) is 4.21. The first-order valence-corrected chi connectivity index (χ1v) is 11.2. The van der Waals surface area contributed by atoms with Crippen molar-refractivity contribution in [1.29, 1.82) is 0 Å². The second kappa shape index (κ2) is 15.4. The number of aliphatic hydroxyl groups is 2. The Hall–Kier alpha value is -0.360. The number of aliphatic hydroxyl groups excluding tert-OH is 1. The third kappa shape index (κ3) is 17.3. The zero-order valence-corrected chi connectivity index (χ0v) is 18.4. The SMILES string of the molecule is C(OCC1CO1)C1CO1.CC(COCC1CO1)OCC1CO1.CCCCCC(O)O. The lowest BCUT2D eigenvalue weighted by atomic mass is 10.2. The van der Waals surface area contributed by atoms with Crippen molar-refractivity contribution in [2.24, 2.45) is 0 Å². The largest absolute Gasteiger partial charge is 0.376 e. The van der Waals surface area contributed by atoms with Crippen molar-refractivity contribution in [2.75, 3.05) is 59.5 Å². The lowest BCUT2D eigenvalue weighted by molar-refractivity contribution is -0.0465. The maximum atomic E-state index is 8.33. The quantitative estimate of drug-likeness (QED) is 0.219. The van der Waals surface area contributed by atoms with E-state index in [-0.39, 0.29) is 6.10 Å². The van der Waals surface area contributed by atoms with Gasteiger partial charge in [0, 0.05) is 0 Å². The highest BCUT2D eigenvalue weighted by molar-refractivity contribution is 4.71. The average Bonchev–Trinajstić information content (AvgIpc) is 3.57. The minimum atomic E-state index is -1.10. The molecule has 0 aromatic rings. The summed E-state index contributed by atoms with van der Waals surface area (Å²) in [6, 6.07) is 0. The summed E-state index contributed by atoms with van der Waals surface area (Å²) in [6.45, 7) is 11.1. The normalized spacial score (nSPS) is 28.7.